The summed E-state index contributed by atoms with van der Waals surface area (Å²) in [6, 6.07) is 24.4. The number of hydrogen-bond acceptors (Lipinski definition) is 4. The first-order chi connectivity index (χ1) is 19.3. The highest BCUT2D eigenvalue weighted by Crippen LogP contribution is 2.28. The van der Waals surface area contributed by atoms with E-state index in [1.807, 2.05) is 56.3 Å². The van der Waals surface area contributed by atoms with Gasteiger partial charge >= 0.3 is 0 Å². The molecule has 0 aliphatic carbocycles. The Labute approximate surface area is 239 Å². The maximum atomic E-state index is 14.1. The van der Waals surface area contributed by atoms with Crippen LogP contribution in [-0.4, -0.2) is 50.8 Å². The van der Waals surface area contributed by atoms with Gasteiger partial charge in [0.2, 0.25) is 11.8 Å². The van der Waals surface area contributed by atoms with Crippen molar-refractivity contribution in [3.8, 4) is 0 Å². The molecule has 214 valence electrons. The summed E-state index contributed by atoms with van der Waals surface area (Å²) >= 11 is 0. The van der Waals surface area contributed by atoms with Gasteiger partial charge in [-0.3, -0.25) is 13.9 Å². The number of carbonyl (C=O) groups excluding carboxylic acids is 2. The van der Waals surface area contributed by atoms with Crippen LogP contribution in [0.15, 0.2) is 89.8 Å². The van der Waals surface area contributed by atoms with E-state index >= 15 is 0 Å². The average molecular weight is 564 g/mol. The van der Waals surface area contributed by atoms with Crippen molar-refractivity contribution >= 4 is 27.5 Å². The van der Waals surface area contributed by atoms with E-state index in [-0.39, 0.29) is 17.3 Å². The van der Waals surface area contributed by atoms with Crippen LogP contribution in [0.3, 0.4) is 0 Å². The molecule has 0 fully saturated rings. The van der Waals surface area contributed by atoms with Gasteiger partial charge in [-0.1, -0.05) is 93.9 Å². The third kappa shape index (κ3) is 7.94. The molecule has 0 spiro atoms. The van der Waals surface area contributed by atoms with E-state index in [0.717, 1.165) is 24.0 Å². The Kier molecular flexibility index (Phi) is 11.8. The van der Waals surface area contributed by atoms with Crippen molar-refractivity contribution in [2.24, 2.45) is 0 Å². The SMILES string of the molecule is CCCCNC(=O)C(CC)N(CCc1ccccc1)C(=O)CN(c1ccccc1CC)S(=O)(=O)c1ccccc1. The highest BCUT2D eigenvalue weighted by atomic mass is 32.2. The smallest absolute Gasteiger partial charge is 0.264 e. The van der Waals surface area contributed by atoms with Crippen LogP contribution in [0.4, 0.5) is 5.69 Å². The van der Waals surface area contributed by atoms with E-state index in [4.69, 9.17) is 0 Å². The van der Waals surface area contributed by atoms with Crippen molar-refractivity contribution in [3.05, 3.63) is 96.1 Å². The molecule has 1 atom stereocenters. The van der Waals surface area contributed by atoms with E-state index in [1.54, 1.807) is 35.2 Å². The zero-order valence-electron chi connectivity index (χ0n) is 23.8. The zero-order valence-corrected chi connectivity index (χ0v) is 24.6. The van der Waals surface area contributed by atoms with Crippen LogP contribution in [0.5, 0.6) is 0 Å². The summed E-state index contributed by atoms with van der Waals surface area (Å²) in [7, 11) is -4.07. The third-order valence-corrected chi connectivity index (χ3v) is 8.72. The highest BCUT2D eigenvalue weighted by molar-refractivity contribution is 7.92. The Morgan fingerprint density at radius 1 is 0.850 bits per heavy atom. The topological polar surface area (TPSA) is 86.8 Å². The second-order valence-corrected chi connectivity index (χ2v) is 11.6. The van der Waals surface area contributed by atoms with Crippen LogP contribution in [0.2, 0.25) is 0 Å². The summed E-state index contributed by atoms with van der Waals surface area (Å²) in [4.78, 5) is 29.0. The average Bonchev–Trinajstić information content (AvgIpc) is 2.98. The molecule has 0 heterocycles. The van der Waals surface area contributed by atoms with E-state index in [0.29, 0.717) is 31.5 Å². The Bertz CT molecular complexity index is 1330. The maximum absolute atomic E-state index is 14.1. The van der Waals surface area contributed by atoms with Crippen molar-refractivity contribution in [1.29, 1.82) is 0 Å². The minimum absolute atomic E-state index is 0.105. The molecule has 0 radical (unpaired) electrons. The first-order valence-corrected chi connectivity index (χ1v) is 15.5. The highest BCUT2D eigenvalue weighted by Gasteiger charge is 2.33. The molecule has 1 N–H and O–H groups in total. The van der Waals surface area contributed by atoms with Gasteiger partial charge in [0.05, 0.1) is 10.6 Å². The molecular formula is C32H41N3O4S. The van der Waals surface area contributed by atoms with Crippen molar-refractivity contribution < 1.29 is 18.0 Å². The second kappa shape index (κ2) is 15.2. The van der Waals surface area contributed by atoms with Crippen LogP contribution >= 0.6 is 0 Å². The minimum Gasteiger partial charge on any atom is -0.354 e. The number of nitrogens with zero attached hydrogens (tertiary/aromatic N) is 2. The van der Waals surface area contributed by atoms with Gasteiger partial charge in [0.15, 0.2) is 0 Å². The van der Waals surface area contributed by atoms with E-state index < -0.39 is 28.5 Å². The molecule has 3 aromatic carbocycles. The molecule has 1 unspecified atom stereocenters. The van der Waals surface area contributed by atoms with Gasteiger partial charge in [-0.05, 0) is 55.0 Å². The van der Waals surface area contributed by atoms with Crippen molar-refractivity contribution in [2.45, 2.75) is 63.8 Å². The Morgan fingerprint density at radius 2 is 1.48 bits per heavy atom. The molecule has 0 bridgehead atoms. The maximum Gasteiger partial charge on any atom is 0.264 e. The first kappa shape index (κ1) is 30.9. The molecule has 40 heavy (non-hydrogen) atoms. The standard InChI is InChI=1S/C32H41N3O4S/c1-4-7-23-33-32(37)29(6-3)34(24-22-26-16-10-8-11-17-26)31(36)25-35(30-21-15-14-18-27(30)5-2)40(38,39)28-19-12-9-13-20-28/h8-21,29H,4-7,22-25H2,1-3H3,(H,33,37). The normalized spacial score (nSPS) is 12.0. The molecule has 0 aromatic heterocycles. The number of benzene rings is 3. The van der Waals surface area contributed by atoms with Crippen molar-refractivity contribution in [1.82, 2.24) is 10.2 Å². The molecular weight excluding hydrogens is 522 g/mol. The van der Waals surface area contributed by atoms with Gasteiger partial charge in [-0.2, -0.15) is 0 Å². The van der Waals surface area contributed by atoms with E-state index in [9.17, 15) is 18.0 Å². The monoisotopic (exact) mass is 563 g/mol. The van der Waals surface area contributed by atoms with Crippen molar-refractivity contribution in [2.75, 3.05) is 23.9 Å². The lowest BCUT2D eigenvalue weighted by Crippen LogP contribution is -2.53. The number of nitrogens with one attached hydrogen (secondary N) is 1. The predicted molar refractivity (Wildman–Crippen MR) is 161 cm³/mol. The Hall–Kier alpha value is -3.65. The number of anilines is 1. The fourth-order valence-corrected chi connectivity index (χ4v) is 6.16. The summed E-state index contributed by atoms with van der Waals surface area (Å²) < 4.78 is 29.1. The first-order valence-electron chi connectivity index (χ1n) is 14.1. The molecule has 0 aliphatic heterocycles. The Morgan fingerprint density at radius 3 is 2.10 bits per heavy atom. The van der Waals surface area contributed by atoms with Crippen LogP contribution in [0.25, 0.3) is 0 Å². The molecule has 3 rings (SSSR count). The summed E-state index contributed by atoms with van der Waals surface area (Å²) in [5.41, 5.74) is 2.31. The molecule has 0 aliphatic rings. The van der Waals surface area contributed by atoms with Gasteiger partial charge in [-0.25, -0.2) is 8.42 Å². The van der Waals surface area contributed by atoms with E-state index in [2.05, 4.69) is 12.2 Å². The van der Waals surface area contributed by atoms with Gasteiger partial charge in [0.1, 0.15) is 12.6 Å². The lowest BCUT2D eigenvalue weighted by Gasteiger charge is -2.33. The number of amides is 2. The second-order valence-electron chi connectivity index (χ2n) is 9.70. The largest absolute Gasteiger partial charge is 0.354 e. The van der Waals surface area contributed by atoms with Gasteiger partial charge in [0.25, 0.3) is 10.0 Å². The molecule has 3 aromatic rings. The fourth-order valence-electron chi connectivity index (χ4n) is 4.69. The summed E-state index contributed by atoms with van der Waals surface area (Å²) in [5, 5.41) is 2.96. The third-order valence-electron chi connectivity index (χ3n) is 6.95. The quantitative estimate of drug-likeness (QED) is 0.257. The Balaban J connectivity index is 2.00. The molecule has 8 heteroatoms. The number of carbonyl (C=O) groups is 2. The summed E-state index contributed by atoms with van der Waals surface area (Å²) in [6.45, 7) is 6.28. The minimum atomic E-state index is -4.07. The number of unbranched alkanes of at least 4 members (excludes halogenated alkanes) is 1. The van der Waals surface area contributed by atoms with Crippen LogP contribution < -0.4 is 9.62 Å². The van der Waals surface area contributed by atoms with E-state index in [1.165, 1.54) is 16.4 Å². The van der Waals surface area contributed by atoms with Crippen LogP contribution in [0, 0.1) is 0 Å². The van der Waals surface area contributed by atoms with Crippen LogP contribution in [0.1, 0.15) is 51.2 Å². The van der Waals surface area contributed by atoms with Gasteiger partial charge in [0, 0.05) is 13.1 Å². The molecule has 2 amide bonds. The lowest BCUT2D eigenvalue weighted by molar-refractivity contribution is -0.139. The predicted octanol–water partition coefficient (Wildman–Crippen LogP) is 5.21. The zero-order chi connectivity index (χ0) is 29.0. The number of hydrogen-bond donors (Lipinski definition) is 1. The molecule has 7 nitrogen and oxygen atoms in total. The molecule has 0 saturated carbocycles. The number of aryl methyl sites for hydroxylation is 1. The summed E-state index contributed by atoms with van der Waals surface area (Å²) in [5.74, 6) is -0.636. The number of rotatable bonds is 15. The summed E-state index contributed by atoms with van der Waals surface area (Å²) in [6.07, 6.45) is 3.34. The van der Waals surface area contributed by atoms with Crippen molar-refractivity contribution in [3.63, 3.8) is 0 Å². The van der Waals surface area contributed by atoms with Crippen LogP contribution in [-0.2, 0) is 32.5 Å². The molecule has 0 saturated heterocycles. The van der Waals surface area contributed by atoms with Gasteiger partial charge in [-0.15, -0.1) is 0 Å². The fraction of sp³-hybridized carbons (Fsp3) is 0.375. The van der Waals surface area contributed by atoms with Gasteiger partial charge < -0.3 is 10.2 Å². The number of sulfonamides is 1. The number of para-hydroxylation sites is 1. The lowest BCUT2D eigenvalue weighted by atomic mass is 10.1.